The molecule has 0 N–H and O–H groups in total. The summed E-state index contributed by atoms with van der Waals surface area (Å²) in [6, 6.07) is 1.38. The molecule has 112 valence electrons. The zero-order valence-corrected chi connectivity index (χ0v) is 12.2. The van der Waals surface area contributed by atoms with Crippen LogP contribution in [0, 0.1) is 17.2 Å². The van der Waals surface area contributed by atoms with Crippen LogP contribution in [-0.2, 0) is 4.79 Å². The van der Waals surface area contributed by atoms with Crippen LogP contribution in [0.2, 0.25) is 0 Å². The molecule has 2 aliphatic rings. The van der Waals surface area contributed by atoms with Crippen molar-refractivity contribution in [3.63, 3.8) is 0 Å². The third-order valence-corrected chi connectivity index (χ3v) is 4.87. The topological polar surface area (TPSA) is 53.5 Å². The summed E-state index contributed by atoms with van der Waals surface area (Å²) >= 11 is 0. The standard InChI is InChI=1S/C15H18FN3O2/c1-10-8-19(9-15(10)4-6-18(2)14(15)21)13(20)11-3-5-17-7-12(11)16/h3,5,7,10H,4,6,8-9H2,1-2H3/t10-,15-/m1/s1. The number of hydrogen-bond acceptors (Lipinski definition) is 3. The summed E-state index contributed by atoms with van der Waals surface area (Å²) in [4.78, 5) is 31.9. The normalized spacial score (nSPS) is 28.7. The summed E-state index contributed by atoms with van der Waals surface area (Å²) in [7, 11) is 1.79. The van der Waals surface area contributed by atoms with Gasteiger partial charge in [-0.3, -0.25) is 14.6 Å². The van der Waals surface area contributed by atoms with Crippen molar-refractivity contribution in [1.82, 2.24) is 14.8 Å². The highest BCUT2D eigenvalue weighted by molar-refractivity contribution is 5.96. The summed E-state index contributed by atoms with van der Waals surface area (Å²) in [5.41, 5.74) is -0.471. The molecule has 5 nitrogen and oxygen atoms in total. The predicted octanol–water partition coefficient (Wildman–Crippen LogP) is 1.16. The van der Waals surface area contributed by atoms with Crippen molar-refractivity contribution >= 4 is 11.8 Å². The first-order valence-electron chi connectivity index (χ1n) is 7.10. The molecular weight excluding hydrogens is 273 g/mol. The molecule has 1 aromatic heterocycles. The second-order valence-electron chi connectivity index (χ2n) is 6.08. The number of pyridine rings is 1. The molecule has 2 atom stereocenters. The molecule has 0 aliphatic carbocycles. The van der Waals surface area contributed by atoms with Crippen LogP contribution in [0.15, 0.2) is 18.5 Å². The van der Waals surface area contributed by atoms with Crippen LogP contribution in [0.25, 0.3) is 0 Å². The Labute approximate surface area is 122 Å². The summed E-state index contributed by atoms with van der Waals surface area (Å²) < 4.78 is 13.7. The molecule has 2 amide bonds. The number of hydrogen-bond donors (Lipinski definition) is 0. The first-order valence-corrected chi connectivity index (χ1v) is 7.10. The van der Waals surface area contributed by atoms with Gasteiger partial charge in [-0.15, -0.1) is 0 Å². The van der Waals surface area contributed by atoms with E-state index in [0.29, 0.717) is 13.1 Å². The molecule has 3 rings (SSSR count). The zero-order chi connectivity index (χ0) is 15.2. The minimum absolute atomic E-state index is 0.0213. The Kier molecular flexibility index (Phi) is 3.19. The fourth-order valence-electron chi connectivity index (χ4n) is 3.50. The lowest BCUT2D eigenvalue weighted by molar-refractivity contribution is -0.135. The Hall–Kier alpha value is -1.98. The van der Waals surface area contributed by atoms with Gasteiger partial charge >= 0.3 is 0 Å². The molecule has 2 fully saturated rings. The minimum Gasteiger partial charge on any atom is -0.345 e. The van der Waals surface area contributed by atoms with Gasteiger partial charge in [0.25, 0.3) is 5.91 Å². The smallest absolute Gasteiger partial charge is 0.256 e. The van der Waals surface area contributed by atoms with Crippen LogP contribution >= 0.6 is 0 Å². The van der Waals surface area contributed by atoms with Crippen LogP contribution in [-0.4, -0.2) is 53.3 Å². The molecule has 1 aromatic rings. The summed E-state index contributed by atoms with van der Waals surface area (Å²) in [5, 5.41) is 0. The lowest BCUT2D eigenvalue weighted by Crippen LogP contribution is -2.39. The fraction of sp³-hybridized carbons (Fsp3) is 0.533. The number of nitrogens with zero attached hydrogens (tertiary/aromatic N) is 3. The molecule has 0 bridgehead atoms. The first kappa shape index (κ1) is 14.0. The van der Waals surface area contributed by atoms with Crippen molar-refractivity contribution in [2.24, 2.45) is 11.3 Å². The number of aromatic nitrogens is 1. The fourth-order valence-corrected chi connectivity index (χ4v) is 3.50. The average Bonchev–Trinajstić information content (AvgIpc) is 2.95. The number of carbonyl (C=O) groups excluding carboxylic acids is 2. The van der Waals surface area contributed by atoms with Crippen molar-refractivity contribution < 1.29 is 14.0 Å². The van der Waals surface area contributed by atoms with Gasteiger partial charge in [0.05, 0.1) is 17.2 Å². The zero-order valence-electron chi connectivity index (χ0n) is 12.2. The molecule has 0 saturated carbocycles. The number of likely N-dealkylation sites (tertiary alicyclic amines) is 2. The van der Waals surface area contributed by atoms with Crippen LogP contribution in [0.5, 0.6) is 0 Å². The number of halogens is 1. The van der Waals surface area contributed by atoms with Gasteiger partial charge in [0.1, 0.15) is 0 Å². The van der Waals surface area contributed by atoms with Gasteiger partial charge in [-0.25, -0.2) is 4.39 Å². The van der Waals surface area contributed by atoms with Crippen molar-refractivity contribution in [2.45, 2.75) is 13.3 Å². The minimum atomic E-state index is -0.619. The Balaban J connectivity index is 1.85. The Morgan fingerprint density at radius 1 is 1.52 bits per heavy atom. The largest absolute Gasteiger partial charge is 0.345 e. The maximum Gasteiger partial charge on any atom is 0.256 e. The molecule has 6 heteroatoms. The van der Waals surface area contributed by atoms with Crippen molar-refractivity contribution in [3.8, 4) is 0 Å². The van der Waals surface area contributed by atoms with E-state index < -0.39 is 11.2 Å². The van der Waals surface area contributed by atoms with E-state index in [-0.39, 0.29) is 23.3 Å². The number of rotatable bonds is 1. The Bertz CT molecular complexity index is 606. The molecule has 2 aliphatic heterocycles. The average molecular weight is 291 g/mol. The lowest BCUT2D eigenvalue weighted by atomic mass is 9.78. The molecule has 21 heavy (non-hydrogen) atoms. The van der Waals surface area contributed by atoms with E-state index in [1.54, 1.807) is 16.8 Å². The van der Waals surface area contributed by atoms with Gasteiger partial charge in [-0.1, -0.05) is 6.92 Å². The maximum absolute atomic E-state index is 13.7. The highest BCUT2D eigenvalue weighted by atomic mass is 19.1. The molecule has 3 heterocycles. The van der Waals surface area contributed by atoms with E-state index in [1.807, 2.05) is 6.92 Å². The quantitative estimate of drug-likeness (QED) is 0.780. The summed E-state index contributed by atoms with van der Waals surface area (Å²) in [6.45, 7) is 3.57. The Morgan fingerprint density at radius 3 is 2.90 bits per heavy atom. The van der Waals surface area contributed by atoms with Crippen LogP contribution < -0.4 is 0 Å². The van der Waals surface area contributed by atoms with E-state index in [9.17, 15) is 14.0 Å². The molecule has 0 aromatic carbocycles. The van der Waals surface area contributed by atoms with Crippen molar-refractivity contribution in [3.05, 3.63) is 29.8 Å². The van der Waals surface area contributed by atoms with E-state index in [1.165, 1.54) is 12.3 Å². The Morgan fingerprint density at radius 2 is 2.29 bits per heavy atom. The summed E-state index contributed by atoms with van der Waals surface area (Å²) in [6.07, 6.45) is 3.20. The van der Waals surface area contributed by atoms with Crippen molar-refractivity contribution in [2.75, 3.05) is 26.7 Å². The second-order valence-corrected chi connectivity index (χ2v) is 6.08. The molecule has 0 radical (unpaired) electrons. The van der Waals surface area contributed by atoms with E-state index in [4.69, 9.17) is 0 Å². The van der Waals surface area contributed by atoms with Gasteiger partial charge in [0, 0.05) is 32.9 Å². The lowest BCUT2D eigenvalue weighted by Gasteiger charge is -2.25. The molecule has 0 unspecified atom stereocenters. The van der Waals surface area contributed by atoms with Gasteiger partial charge in [0.2, 0.25) is 5.91 Å². The van der Waals surface area contributed by atoms with E-state index >= 15 is 0 Å². The molecule has 1 spiro atoms. The number of carbonyl (C=O) groups is 2. The van der Waals surface area contributed by atoms with Gasteiger partial charge in [-0.05, 0) is 18.4 Å². The van der Waals surface area contributed by atoms with Gasteiger partial charge < -0.3 is 9.80 Å². The third kappa shape index (κ3) is 2.01. The third-order valence-electron chi connectivity index (χ3n) is 4.87. The molecular formula is C15H18FN3O2. The monoisotopic (exact) mass is 291 g/mol. The van der Waals surface area contributed by atoms with Crippen LogP contribution in [0.4, 0.5) is 4.39 Å². The maximum atomic E-state index is 13.7. The number of amides is 2. The van der Waals surface area contributed by atoms with Crippen LogP contribution in [0.1, 0.15) is 23.7 Å². The van der Waals surface area contributed by atoms with E-state index in [0.717, 1.165) is 19.2 Å². The van der Waals surface area contributed by atoms with Crippen molar-refractivity contribution in [1.29, 1.82) is 0 Å². The highest BCUT2D eigenvalue weighted by Gasteiger charge is 2.55. The van der Waals surface area contributed by atoms with E-state index in [2.05, 4.69) is 4.98 Å². The highest BCUT2D eigenvalue weighted by Crippen LogP contribution is 2.44. The van der Waals surface area contributed by atoms with Crippen LogP contribution in [0.3, 0.4) is 0 Å². The van der Waals surface area contributed by atoms with Gasteiger partial charge in [-0.2, -0.15) is 0 Å². The summed E-state index contributed by atoms with van der Waals surface area (Å²) in [5.74, 6) is -0.795. The predicted molar refractivity (Wildman–Crippen MR) is 73.9 cm³/mol. The SMILES string of the molecule is C[C@@H]1CN(C(=O)c2ccncc2F)C[C@]12CCN(C)C2=O. The van der Waals surface area contributed by atoms with Gasteiger partial charge in [0.15, 0.2) is 5.82 Å². The first-order chi connectivity index (χ1) is 9.95. The molecule has 2 saturated heterocycles. The second kappa shape index (κ2) is 4.79.